The van der Waals surface area contributed by atoms with Crippen LogP contribution in [-0.2, 0) is 6.54 Å². The summed E-state index contributed by atoms with van der Waals surface area (Å²) in [5, 5.41) is 0.732. The summed E-state index contributed by atoms with van der Waals surface area (Å²) in [5.74, 6) is 1.41. The van der Waals surface area contributed by atoms with Crippen molar-refractivity contribution >= 4 is 23.2 Å². The van der Waals surface area contributed by atoms with Gasteiger partial charge in [0.15, 0.2) is 0 Å². The Hall–Kier alpha value is -0.440. The molecule has 1 aromatic carbocycles. The van der Waals surface area contributed by atoms with Crippen molar-refractivity contribution in [3.8, 4) is 5.75 Å². The van der Waals surface area contributed by atoms with E-state index < -0.39 is 0 Å². The third kappa shape index (κ3) is 3.90. The first-order valence-corrected chi connectivity index (χ1v) is 5.65. The van der Waals surface area contributed by atoms with E-state index in [0.717, 1.165) is 29.4 Å². The topological polar surface area (TPSA) is 12.5 Å². The van der Waals surface area contributed by atoms with E-state index >= 15 is 0 Å². The zero-order valence-corrected chi connectivity index (χ0v) is 10.5. The fourth-order valence-electron chi connectivity index (χ4n) is 1.30. The number of alkyl halides is 1. The molecule has 0 aliphatic heterocycles. The van der Waals surface area contributed by atoms with Crippen molar-refractivity contribution in [2.24, 2.45) is 0 Å². The van der Waals surface area contributed by atoms with Gasteiger partial charge in [0.25, 0.3) is 0 Å². The highest BCUT2D eigenvalue weighted by atomic mass is 35.5. The quantitative estimate of drug-likeness (QED) is 0.742. The maximum atomic E-state index is 6.11. The minimum atomic E-state index is 0.629. The van der Waals surface area contributed by atoms with Gasteiger partial charge in [0.1, 0.15) is 5.75 Å². The summed E-state index contributed by atoms with van der Waals surface area (Å²) < 4.78 is 5.08. The molecule has 4 heteroatoms. The van der Waals surface area contributed by atoms with Crippen LogP contribution in [0.2, 0.25) is 5.02 Å². The summed E-state index contributed by atoms with van der Waals surface area (Å²) in [6, 6.07) is 5.72. The van der Waals surface area contributed by atoms with Gasteiger partial charge in [0.05, 0.1) is 7.11 Å². The van der Waals surface area contributed by atoms with Crippen molar-refractivity contribution in [1.82, 2.24) is 4.90 Å². The molecule has 2 nitrogen and oxygen atoms in total. The lowest BCUT2D eigenvalue weighted by atomic mass is 10.2. The summed E-state index contributed by atoms with van der Waals surface area (Å²) in [6.07, 6.45) is 0. The van der Waals surface area contributed by atoms with E-state index in [2.05, 4.69) is 4.90 Å². The number of benzene rings is 1. The number of nitrogens with zero attached hydrogens (tertiary/aromatic N) is 1. The van der Waals surface area contributed by atoms with Crippen molar-refractivity contribution in [2.75, 3.05) is 26.6 Å². The zero-order valence-electron chi connectivity index (χ0n) is 8.96. The molecule has 1 aromatic rings. The fourth-order valence-corrected chi connectivity index (χ4v) is 1.82. The van der Waals surface area contributed by atoms with Crippen molar-refractivity contribution in [2.45, 2.75) is 6.54 Å². The van der Waals surface area contributed by atoms with Gasteiger partial charge in [-0.25, -0.2) is 0 Å². The molecule has 0 saturated heterocycles. The average molecular weight is 248 g/mol. The van der Waals surface area contributed by atoms with Gasteiger partial charge in [-0.1, -0.05) is 17.7 Å². The molecule has 0 radical (unpaired) electrons. The van der Waals surface area contributed by atoms with Crippen LogP contribution >= 0.6 is 23.2 Å². The standard InChI is InChI=1S/C11H15Cl2NO/c1-14(6-5-12)8-9-3-4-10(15-2)7-11(9)13/h3-4,7H,5-6,8H2,1-2H3. The van der Waals surface area contributed by atoms with Gasteiger partial charge in [-0.05, 0) is 24.7 Å². The van der Waals surface area contributed by atoms with Crippen LogP contribution in [0.1, 0.15) is 5.56 Å². The third-order valence-corrected chi connectivity index (χ3v) is 2.69. The van der Waals surface area contributed by atoms with Crippen LogP contribution in [0.15, 0.2) is 18.2 Å². The smallest absolute Gasteiger partial charge is 0.120 e. The minimum Gasteiger partial charge on any atom is -0.497 e. The molecule has 0 saturated carbocycles. The van der Waals surface area contributed by atoms with E-state index in [0.29, 0.717) is 5.88 Å². The van der Waals surface area contributed by atoms with E-state index in [1.807, 2.05) is 25.2 Å². The summed E-state index contributed by atoms with van der Waals surface area (Å²) in [6.45, 7) is 1.65. The van der Waals surface area contributed by atoms with Crippen LogP contribution in [0.25, 0.3) is 0 Å². The maximum Gasteiger partial charge on any atom is 0.120 e. The molecule has 0 aliphatic carbocycles. The van der Waals surface area contributed by atoms with Crippen LogP contribution in [0.4, 0.5) is 0 Å². The number of ether oxygens (including phenoxy) is 1. The van der Waals surface area contributed by atoms with Crippen LogP contribution in [-0.4, -0.2) is 31.5 Å². The lowest BCUT2D eigenvalue weighted by Crippen LogP contribution is -2.20. The second-order valence-corrected chi connectivity index (χ2v) is 4.17. The molecule has 15 heavy (non-hydrogen) atoms. The molecule has 0 bridgehead atoms. The Labute approximate surface area is 101 Å². The summed E-state index contributed by atoms with van der Waals surface area (Å²) >= 11 is 11.8. The Morgan fingerprint density at radius 1 is 1.40 bits per heavy atom. The van der Waals surface area contributed by atoms with Crippen molar-refractivity contribution in [3.05, 3.63) is 28.8 Å². The predicted molar refractivity (Wildman–Crippen MR) is 65.1 cm³/mol. The number of rotatable bonds is 5. The molecule has 0 spiro atoms. The predicted octanol–water partition coefficient (Wildman–Crippen LogP) is 3.02. The van der Waals surface area contributed by atoms with E-state index in [1.165, 1.54) is 0 Å². The van der Waals surface area contributed by atoms with Gasteiger partial charge in [-0.3, -0.25) is 0 Å². The average Bonchev–Trinajstić information content (AvgIpc) is 2.21. The number of hydrogen-bond donors (Lipinski definition) is 0. The summed E-state index contributed by atoms with van der Waals surface area (Å²) in [7, 11) is 3.65. The lowest BCUT2D eigenvalue weighted by Gasteiger charge is -2.16. The van der Waals surface area contributed by atoms with Crippen molar-refractivity contribution in [1.29, 1.82) is 0 Å². The highest BCUT2D eigenvalue weighted by molar-refractivity contribution is 6.31. The first-order valence-electron chi connectivity index (χ1n) is 4.74. The zero-order chi connectivity index (χ0) is 11.3. The molecule has 0 atom stereocenters. The molecule has 0 aromatic heterocycles. The molecule has 1 rings (SSSR count). The number of halogens is 2. The Morgan fingerprint density at radius 3 is 2.67 bits per heavy atom. The maximum absolute atomic E-state index is 6.11. The molecule has 84 valence electrons. The van der Waals surface area contributed by atoms with Crippen LogP contribution in [0, 0.1) is 0 Å². The largest absolute Gasteiger partial charge is 0.497 e. The van der Waals surface area contributed by atoms with Gasteiger partial charge in [-0.2, -0.15) is 0 Å². The molecule has 0 aliphatic rings. The molecular formula is C11H15Cl2NO. The van der Waals surface area contributed by atoms with Gasteiger partial charge in [0, 0.05) is 24.0 Å². The van der Waals surface area contributed by atoms with Gasteiger partial charge < -0.3 is 9.64 Å². The third-order valence-electron chi connectivity index (χ3n) is 2.17. The van der Waals surface area contributed by atoms with Gasteiger partial charge >= 0.3 is 0 Å². The normalized spacial score (nSPS) is 10.7. The molecule has 0 unspecified atom stereocenters. The summed E-state index contributed by atoms with van der Waals surface area (Å²) in [5.41, 5.74) is 1.09. The van der Waals surface area contributed by atoms with Crippen LogP contribution in [0.3, 0.4) is 0 Å². The molecule has 0 amide bonds. The first kappa shape index (κ1) is 12.6. The second-order valence-electron chi connectivity index (χ2n) is 3.38. The Balaban J connectivity index is 2.69. The lowest BCUT2D eigenvalue weighted by molar-refractivity contribution is 0.347. The van der Waals surface area contributed by atoms with E-state index in [-0.39, 0.29) is 0 Å². The highest BCUT2D eigenvalue weighted by Crippen LogP contribution is 2.23. The molecule has 0 heterocycles. The second kappa shape index (κ2) is 6.21. The Kier molecular flexibility index (Phi) is 5.23. The van der Waals surface area contributed by atoms with Crippen molar-refractivity contribution in [3.63, 3.8) is 0 Å². The van der Waals surface area contributed by atoms with E-state index in [4.69, 9.17) is 27.9 Å². The van der Waals surface area contributed by atoms with Crippen LogP contribution < -0.4 is 4.74 Å². The van der Waals surface area contributed by atoms with Crippen molar-refractivity contribution < 1.29 is 4.74 Å². The van der Waals surface area contributed by atoms with Crippen LogP contribution in [0.5, 0.6) is 5.75 Å². The SMILES string of the molecule is COc1ccc(CN(C)CCCl)c(Cl)c1. The monoisotopic (exact) mass is 247 g/mol. The number of hydrogen-bond acceptors (Lipinski definition) is 2. The first-order chi connectivity index (χ1) is 7.17. The minimum absolute atomic E-state index is 0.629. The fraction of sp³-hybridized carbons (Fsp3) is 0.455. The highest BCUT2D eigenvalue weighted by Gasteiger charge is 2.05. The van der Waals surface area contributed by atoms with Gasteiger partial charge in [0.2, 0.25) is 0 Å². The molecule has 0 fully saturated rings. The number of methoxy groups -OCH3 is 1. The summed E-state index contributed by atoms with van der Waals surface area (Å²) in [4.78, 5) is 2.13. The molecule has 0 N–H and O–H groups in total. The molecular weight excluding hydrogens is 233 g/mol. The Morgan fingerprint density at radius 2 is 2.13 bits per heavy atom. The van der Waals surface area contributed by atoms with E-state index in [1.54, 1.807) is 7.11 Å². The van der Waals surface area contributed by atoms with E-state index in [9.17, 15) is 0 Å². The Bertz CT molecular complexity index is 317. The van der Waals surface area contributed by atoms with Gasteiger partial charge in [-0.15, -0.1) is 11.6 Å².